The molecule has 0 saturated heterocycles. The second-order valence-electron chi connectivity index (χ2n) is 1.36. The molecule has 0 aliphatic heterocycles. The largest absolute Gasteiger partial charge is 0.275 e. The maximum atomic E-state index is 10.6. The molecule has 0 N–H and O–H groups in total. The molecule has 0 aromatic rings. The van der Waals surface area contributed by atoms with E-state index in [9.17, 15) is 9.36 Å². The standard InChI is InChI=1S/C4H8NO3P/c1-5(8-2)4(6)3-9-7/h3H2,1-2H3. The maximum Gasteiger partial charge on any atom is 0.257 e. The van der Waals surface area contributed by atoms with E-state index in [1.807, 2.05) is 0 Å². The smallest absolute Gasteiger partial charge is 0.257 e. The molecule has 0 aromatic carbocycles. The third-order valence-corrected chi connectivity index (χ3v) is 1.22. The van der Waals surface area contributed by atoms with Crippen LogP contribution in [0.2, 0.25) is 0 Å². The summed E-state index contributed by atoms with van der Waals surface area (Å²) in [7, 11) is 2.66. The average Bonchev–Trinajstić information content (AvgIpc) is 1.87. The van der Waals surface area contributed by atoms with E-state index < -0.39 is 0 Å². The number of carbonyl (C=O) groups is 1. The number of amides is 1. The molecule has 0 aromatic heterocycles. The second kappa shape index (κ2) is 4.41. The van der Waals surface area contributed by atoms with Gasteiger partial charge in [0.15, 0.2) is 8.46 Å². The monoisotopic (exact) mass is 149 g/mol. The lowest BCUT2D eigenvalue weighted by molar-refractivity contribution is -0.165. The molecule has 0 spiro atoms. The lowest BCUT2D eigenvalue weighted by Crippen LogP contribution is -2.26. The van der Waals surface area contributed by atoms with Crippen molar-refractivity contribution < 1.29 is 14.2 Å². The quantitative estimate of drug-likeness (QED) is 0.428. The van der Waals surface area contributed by atoms with Gasteiger partial charge in [0, 0.05) is 7.05 Å². The molecule has 0 aliphatic carbocycles. The number of hydrogen-bond acceptors (Lipinski definition) is 3. The van der Waals surface area contributed by atoms with Crippen molar-refractivity contribution in [3.05, 3.63) is 0 Å². The van der Waals surface area contributed by atoms with Crippen LogP contribution in [-0.2, 0) is 14.2 Å². The molecule has 0 bridgehead atoms. The first-order valence-electron chi connectivity index (χ1n) is 2.32. The molecule has 0 saturated carbocycles. The Morgan fingerprint density at radius 3 is 2.67 bits per heavy atom. The van der Waals surface area contributed by atoms with Gasteiger partial charge >= 0.3 is 0 Å². The van der Waals surface area contributed by atoms with Crippen molar-refractivity contribution in [2.75, 3.05) is 20.3 Å². The Hall–Kier alpha value is -0.470. The molecule has 0 aliphatic rings. The van der Waals surface area contributed by atoms with E-state index in [1.54, 1.807) is 0 Å². The average molecular weight is 149 g/mol. The summed E-state index contributed by atoms with van der Waals surface area (Å²) in [5.74, 6) is -0.297. The first-order chi connectivity index (χ1) is 4.22. The summed E-state index contributed by atoms with van der Waals surface area (Å²) in [6, 6.07) is 0. The van der Waals surface area contributed by atoms with E-state index in [0.29, 0.717) is 0 Å². The fourth-order valence-corrected chi connectivity index (χ4v) is 0.566. The molecular weight excluding hydrogens is 141 g/mol. The second-order valence-corrected chi connectivity index (χ2v) is 1.94. The maximum absolute atomic E-state index is 10.6. The number of hydroxylamine groups is 2. The molecule has 1 amide bonds. The number of nitrogens with zero attached hydrogens (tertiary/aromatic N) is 1. The highest BCUT2D eigenvalue weighted by molar-refractivity contribution is 7.25. The van der Waals surface area contributed by atoms with Crippen LogP contribution in [0.15, 0.2) is 0 Å². The predicted molar refractivity (Wildman–Crippen MR) is 32.3 cm³/mol. The van der Waals surface area contributed by atoms with Gasteiger partial charge in [-0.1, -0.05) is 0 Å². The molecule has 0 atom stereocenters. The normalized spacial score (nSPS) is 9.56. The van der Waals surface area contributed by atoms with Crippen molar-refractivity contribution in [2.24, 2.45) is 0 Å². The minimum absolute atomic E-state index is 0.0235. The van der Waals surface area contributed by atoms with Crippen molar-refractivity contribution in [1.82, 2.24) is 5.06 Å². The summed E-state index contributed by atoms with van der Waals surface area (Å²) in [6.07, 6.45) is -0.0235. The Morgan fingerprint density at radius 2 is 2.33 bits per heavy atom. The van der Waals surface area contributed by atoms with Crippen LogP contribution in [0.1, 0.15) is 0 Å². The minimum Gasteiger partial charge on any atom is -0.275 e. The molecule has 5 heteroatoms. The summed E-state index contributed by atoms with van der Waals surface area (Å²) in [5.41, 5.74) is 0. The zero-order valence-electron chi connectivity index (χ0n) is 5.33. The summed E-state index contributed by atoms with van der Waals surface area (Å²) < 4.78 is 9.83. The SMILES string of the molecule is CON(C)C(=O)CP=O. The molecular formula is C4H8NO3P. The van der Waals surface area contributed by atoms with E-state index in [1.165, 1.54) is 14.2 Å². The Kier molecular flexibility index (Phi) is 4.18. The van der Waals surface area contributed by atoms with Crippen LogP contribution in [0.5, 0.6) is 0 Å². The van der Waals surface area contributed by atoms with Gasteiger partial charge < -0.3 is 0 Å². The van der Waals surface area contributed by atoms with Gasteiger partial charge in [0.1, 0.15) is 6.16 Å². The predicted octanol–water partition coefficient (Wildman–Crippen LogP) is 0.298. The molecule has 9 heavy (non-hydrogen) atoms. The van der Waals surface area contributed by atoms with Crippen LogP contribution in [-0.4, -0.2) is 31.3 Å². The van der Waals surface area contributed by atoms with Gasteiger partial charge in [-0.3, -0.25) is 14.2 Å². The third kappa shape index (κ3) is 3.16. The molecule has 4 nitrogen and oxygen atoms in total. The topological polar surface area (TPSA) is 46.6 Å². The molecule has 0 rings (SSSR count). The fourth-order valence-electron chi connectivity index (χ4n) is 0.257. The zero-order valence-corrected chi connectivity index (χ0v) is 6.22. The third-order valence-electron chi connectivity index (χ3n) is 0.825. The van der Waals surface area contributed by atoms with Crippen LogP contribution in [0, 0.1) is 0 Å². The molecule has 0 radical (unpaired) electrons. The van der Waals surface area contributed by atoms with Crippen LogP contribution in [0.25, 0.3) is 0 Å². The van der Waals surface area contributed by atoms with Crippen molar-refractivity contribution in [3.63, 3.8) is 0 Å². The van der Waals surface area contributed by atoms with Gasteiger partial charge in [-0.2, -0.15) is 0 Å². The van der Waals surface area contributed by atoms with Crippen LogP contribution in [0.4, 0.5) is 0 Å². The highest BCUT2D eigenvalue weighted by Gasteiger charge is 2.05. The van der Waals surface area contributed by atoms with E-state index in [-0.39, 0.29) is 20.5 Å². The van der Waals surface area contributed by atoms with Crippen LogP contribution < -0.4 is 0 Å². The Bertz CT molecular complexity index is 116. The highest BCUT2D eigenvalue weighted by Crippen LogP contribution is 1.94. The van der Waals surface area contributed by atoms with Gasteiger partial charge in [-0.05, 0) is 0 Å². The Balaban J connectivity index is 3.58. The zero-order chi connectivity index (χ0) is 7.28. The molecule has 0 unspecified atom stereocenters. The summed E-state index contributed by atoms with van der Waals surface area (Å²) in [4.78, 5) is 15.1. The van der Waals surface area contributed by atoms with E-state index >= 15 is 0 Å². The van der Waals surface area contributed by atoms with Crippen LogP contribution >= 0.6 is 8.46 Å². The van der Waals surface area contributed by atoms with Gasteiger partial charge in [0.05, 0.1) is 7.11 Å². The van der Waals surface area contributed by atoms with Crippen molar-refractivity contribution in [1.29, 1.82) is 0 Å². The number of carbonyl (C=O) groups excluding carboxylic acids is 1. The van der Waals surface area contributed by atoms with Gasteiger partial charge in [-0.25, -0.2) is 5.06 Å². The lowest BCUT2D eigenvalue weighted by atomic mass is 10.7. The first kappa shape index (κ1) is 8.53. The molecule has 0 heterocycles. The molecule has 52 valence electrons. The first-order valence-corrected chi connectivity index (χ1v) is 3.32. The van der Waals surface area contributed by atoms with Gasteiger partial charge in [-0.15, -0.1) is 0 Å². The number of hydrogen-bond donors (Lipinski definition) is 0. The summed E-state index contributed by atoms with van der Waals surface area (Å²) in [5, 5.41) is 1.03. The Labute approximate surface area is 54.9 Å². The summed E-state index contributed by atoms with van der Waals surface area (Å²) in [6.45, 7) is 0. The highest BCUT2D eigenvalue weighted by atomic mass is 31.1. The lowest BCUT2D eigenvalue weighted by Gasteiger charge is -2.10. The summed E-state index contributed by atoms with van der Waals surface area (Å²) >= 11 is 0. The van der Waals surface area contributed by atoms with E-state index in [4.69, 9.17) is 0 Å². The van der Waals surface area contributed by atoms with E-state index in [0.717, 1.165) is 5.06 Å². The Morgan fingerprint density at radius 1 is 1.78 bits per heavy atom. The van der Waals surface area contributed by atoms with Gasteiger partial charge in [0.25, 0.3) is 5.91 Å². The van der Waals surface area contributed by atoms with Crippen molar-refractivity contribution in [2.45, 2.75) is 0 Å². The van der Waals surface area contributed by atoms with Crippen molar-refractivity contribution in [3.8, 4) is 0 Å². The van der Waals surface area contributed by atoms with E-state index in [2.05, 4.69) is 4.84 Å². The van der Waals surface area contributed by atoms with Gasteiger partial charge in [0.2, 0.25) is 0 Å². The fraction of sp³-hybridized carbons (Fsp3) is 0.750. The molecule has 0 fully saturated rings. The minimum atomic E-state index is -0.297. The van der Waals surface area contributed by atoms with Crippen LogP contribution in [0.3, 0.4) is 0 Å². The van der Waals surface area contributed by atoms with Crippen molar-refractivity contribution >= 4 is 14.4 Å². The number of rotatable bonds is 3.